The van der Waals surface area contributed by atoms with Crippen LogP contribution in [0.3, 0.4) is 0 Å². The van der Waals surface area contributed by atoms with E-state index in [-0.39, 0.29) is 11.6 Å². The maximum Gasteiger partial charge on any atom is 0.333 e. The molecule has 0 saturated carbocycles. The molecule has 12 nitrogen and oxygen atoms in total. The summed E-state index contributed by atoms with van der Waals surface area (Å²) < 4.78 is 30.9. The van der Waals surface area contributed by atoms with Gasteiger partial charge in [-0.15, -0.1) is 5.10 Å². The molecule has 0 aliphatic carbocycles. The zero-order chi connectivity index (χ0) is 15.8. The second-order valence-electron chi connectivity index (χ2n) is 4.26. The molecule has 1 aliphatic rings. The van der Waals surface area contributed by atoms with Crippen molar-refractivity contribution < 1.29 is 32.3 Å². The summed E-state index contributed by atoms with van der Waals surface area (Å²) in [7, 11) is -4.21. The number of ether oxygens (including phenoxy) is 1. The van der Waals surface area contributed by atoms with Crippen LogP contribution in [0.4, 0.5) is 0 Å². The zero-order valence-corrected chi connectivity index (χ0v) is 11.2. The lowest BCUT2D eigenvalue weighted by Crippen LogP contribution is -2.34. The number of aromatic amines is 1. The Hall–Kier alpha value is -1.64. The monoisotopic (exact) mass is 323 g/mol. The van der Waals surface area contributed by atoms with Crippen molar-refractivity contribution in [3.8, 4) is 0 Å². The lowest BCUT2D eigenvalue weighted by Gasteiger charge is -2.13. The minimum absolute atomic E-state index is 0.0477. The molecule has 2 rings (SSSR count). The van der Waals surface area contributed by atoms with Crippen LogP contribution in [-0.4, -0.2) is 64.6 Å². The third-order valence-electron chi connectivity index (χ3n) is 2.75. The van der Waals surface area contributed by atoms with Crippen LogP contribution in [0.2, 0.25) is 0 Å². The van der Waals surface area contributed by atoms with Crippen molar-refractivity contribution in [1.29, 1.82) is 0 Å². The number of rotatable bonds is 5. The Morgan fingerprint density at radius 2 is 2.10 bits per heavy atom. The average molecular weight is 323 g/mol. The number of H-pyrrole nitrogens is 1. The number of aliphatic hydroxyl groups excluding tert-OH is 2. The number of amides is 1. The number of nitrogens with zero attached hydrogens (tertiary/aromatic N) is 2. The van der Waals surface area contributed by atoms with Gasteiger partial charge in [-0.1, -0.05) is 0 Å². The van der Waals surface area contributed by atoms with Crippen LogP contribution in [0.5, 0.6) is 0 Å². The molecule has 118 valence electrons. The summed E-state index contributed by atoms with van der Waals surface area (Å²) in [6.45, 7) is -0.593. The van der Waals surface area contributed by atoms with Gasteiger partial charge in [0, 0.05) is 0 Å². The Morgan fingerprint density at radius 3 is 2.62 bits per heavy atom. The smallest absolute Gasteiger partial charge is 0.333 e. The molecular formula is C8H13N5O7S. The third kappa shape index (κ3) is 3.52. The van der Waals surface area contributed by atoms with Crippen LogP contribution in [-0.2, 0) is 19.2 Å². The molecule has 21 heavy (non-hydrogen) atoms. The first-order valence-corrected chi connectivity index (χ1v) is 7.07. The number of carbonyl (C=O) groups is 1. The summed E-state index contributed by atoms with van der Waals surface area (Å²) >= 11 is 0. The van der Waals surface area contributed by atoms with Crippen LogP contribution in [0.15, 0.2) is 0 Å². The maximum atomic E-state index is 10.9. The standard InChI is InChI=1S/C8H13N5O7S/c9-6(16)8-11-7(12-13-8)5-4(15)3(14)2(20-5)1-19-21(10,17)18/h2-5,14-15H,1H2,(H2,9,16)(H2,10,17,18)(H,11,12,13)/t2-,3-,4-,5-/m1/s1. The average Bonchev–Trinajstić information content (AvgIpc) is 2.94. The normalized spacial score (nSPS) is 29.7. The predicted molar refractivity (Wildman–Crippen MR) is 63.6 cm³/mol. The molecule has 0 unspecified atom stereocenters. The van der Waals surface area contributed by atoms with Gasteiger partial charge in [0.1, 0.15) is 24.4 Å². The molecule has 1 amide bonds. The summed E-state index contributed by atoms with van der Waals surface area (Å²) in [5, 5.41) is 30.1. The molecule has 4 atom stereocenters. The number of aliphatic hydroxyl groups is 2. The SMILES string of the molecule is NC(=O)c1n[nH]c([C@@H]2O[C@H](COS(N)(=O)=O)[C@@H](O)[C@H]2O)n1. The summed E-state index contributed by atoms with van der Waals surface area (Å²) in [6, 6.07) is 0. The number of primary amides is 1. The lowest BCUT2D eigenvalue weighted by molar-refractivity contribution is -0.0183. The fourth-order valence-corrected chi connectivity index (χ4v) is 2.11. The molecule has 0 radical (unpaired) electrons. The van der Waals surface area contributed by atoms with Gasteiger partial charge >= 0.3 is 10.3 Å². The minimum Gasteiger partial charge on any atom is -0.387 e. The van der Waals surface area contributed by atoms with E-state index >= 15 is 0 Å². The Balaban J connectivity index is 2.10. The first-order valence-electron chi connectivity index (χ1n) is 5.60. The number of nitrogens with one attached hydrogen (secondary N) is 1. The molecule has 1 saturated heterocycles. The van der Waals surface area contributed by atoms with Crippen molar-refractivity contribution in [1.82, 2.24) is 15.2 Å². The Morgan fingerprint density at radius 1 is 1.43 bits per heavy atom. The van der Waals surface area contributed by atoms with Crippen LogP contribution >= 0.6 is 0 Å². The highest BCUT2D eigenvalue weighted by atomic mass is 32.2. The Kier molecular flexibility index (Phi) is 4.22. The molecule has 1 fully saturated rings. The quantitative estimate of drug-likeness (QED) is 0.361. The van der Waals surface area contributed by atoms with Crippen LogP contribution in [0, 0.1) is 0 Å². The fourth-order valence-electron chi connectivity index (χ4n) is 1.79. The highest BCUT2D eigenvalue weighted by Gasteiger charge is 2.45. The van der Waals surface area contributed by atoms with Crippen molar-refractivity contribution in [2.45, 2.75) is 24.4 Å². The number of nitrogens with two attached hydrogens (primary N) is 2. The molecule has 0 bridgehead atoms. The first kappa shape index (κ1) is 15.7. The van der Waals surface area contributed by atoms with Crippen molar-refractivity contribution in [2.75, 3.05) is 6.61 Å². The van der Waals surface area contributed by atoms with Gasteiger partial charge in [0.25, 0.3) is 5.91 Å². The van der Waals surface area contributed by atoms with Gasteiger partial charge in [0.05, 0.1) is 6.61 Å². The Bertz CT molecular complexity index is 631. The number of carbonyl (C=O) groups excluding carboxylic acids is 1. The third-order valence-corrected chi connectivity index (χ3v) is 3.22. The van der Waals surface area contributed by atoms with E-state index in [2.05, 4.69) is 24.5 Å². The largest absolute Gasteiger partial charge is 0.387 e. The van der Waals surface area contributed by atoms with Gasteiger partial charge in [-0.2, -0.15) is 8.42 Å². The minimum atomic E-state index is -4.21. The number of hydrogen-bond acceptors (Lipinski definition) is 9. The summed E-state index contributed by atoms with van der Waals surface area (Å²) in [4.78, 5) is 14.6. The van der Waals surface area contributed by atoms with E-state index in [1.807, 2.05) is 0 Å². The molecule has 13 heteroatoms. The van der Waals surface area contributed by atoms with E-state index in [0.717, 1.165) is 0 Å². The highest BCUT2D eigenvalue weighted by molar-refractivity contribution is 7.84. The number of aromatic nitrogens is 3. The Labute approximate surface area is 118 Å². The molecule has 0 aromatic carbocycles. The van der Waals surface area contributed by atoms with E-state index in [4.69, 9.17) is 10.5 Å². The first-order chi connectivity index (χ1) is 9.69. The number of hydrogen-bond donors (Lipinski definition) is 5. The molecule has 7 N–H and O–H groups in total. The zero-order valence-electron chi connectivity index (χ0n) is 10.4. The van der Waals surface area contributed by atoms with Crippen LogP contribution in [0.25, 0.3) is 0 Å². The van der Waals surface area contributed by atoms with Crippen molar-refractivity contribution >= 4 is 16.2 Å². The van der Waals surface area contributed by atoms with Crippen molar-refractivity contribution in [3.63, 3.8) is 0 Å². The lowest BCUT2D eigenvalue weighted by atomic mass is 10.1. The van der Waals surface area contributed by atoms with E-state index < -0.39 is 47.2 Å². The van der Waals surface area contributed by atoms with Gasteiger partial charge in [-0.25, -0.2) is 10.1 Å². The summed E-state index contributed by atoms with van der Waals surface area (Å²) in [5.41, 5.74) is 4.97. The van der Waals surface area contributed by atoms with E-state index in [1.54, 1.807) is 0 Å². The molecular weight excluding hydrogens is 310 g/mol. The second-order valence-corrected chi connectivity index (χ2v) is 5.48. The van der Waals surface area contributed by atoms with Crippen molar-refractivity contribution in [3.05, 3.63) is 11.6 Å². The van der Waals surface area contributed by atoms with E-state index in [9.17, 15) is 23.4 Å². The topological polar surface area (TPSA) is 204 Å². The van der Waals surface area contributed by atoms with Crippen molar-refractivity contribution in [2.24, 2.45) is 10.9 Å². The maximum absolute atomic E-state index is 10.9. The van der Waals surface area contributed by atoms with Crippen LogP contribution in [0.1, 0.15) is 22.5 Å². The van der Waals surface area contributed by atoms with Gasteiger partial charge in [0.2, 0.25) is 5.82 Å². The molecule has 1 aromatic heterocycles. The van der Waals surface area contributed by atoms with Gasteiger partial charge in [-0.3, -0.25) is 14.1 Å². The summed E-state index contributed by atoms with van der Waals surface area (Å²) in [6.07, 6.45) is -5.20. The van der Waals surface area contributed by atoms with Crippen LogP contribution < -0.4 is 10.9 Å². The predicted octanol–water partition coefficient (Wildman–Crippen LogP) is -3.71. The van der Waals surface area contributed by atoms with Gasteiger partial charge in [-0.05, 0) is 0 Å². The summed E-state index contributed by atoms with van der Waals surface area (Å²) in [5.74, 6) is -1.26. The fraction of sp³-hybridized carbons (Fsp3) is 0.625. The molecule has 1 aliphatic heterocycles. The van der Waals surface area contributed by atoms with Gasteiger partial charge in [0.15, 0.2) is 5.82 Å². The molecule has 0 spiro atoms. The van der Waals surface area contributed by atoms with E-state index in [1.165, 1.54) is 0 Å². The van der Waals surface area contributed by atoms with E-state index in [0.29, 0.717) is 0 Å². The second kappa shape index (κ2) is 5.63. The van der Waals surface area contributed by atoms with Gasteiger partial charge < -0.3 is 20.7 Å². The molecule has 1 aromatic rings. The highest BCUT2D eigenvalue weighted by Crippen LogP contribution is 2.31. The molecule has 2 heterocycles.